The summed E-state index contributed by atoms with van der Waals surface area (Å²) >= 11 is 7.27. The first kappa shape index (κ1) is 22.3. The van der Waals surface area contributed by atoms with Gasteiger partial charge in [0.2, 0.25) is 5.91 Å². The Kier molecular flexibility index (Phi) is 7.11. The molecule has 11 heteroatoms. The van der Waals surface area contributed by atoms with Gasteiger partial charge < -0.3 is 19.4 Å². The normalized spacial score (nSPS) is 11.6. The number of aromatic nitrogens is 2. The van der Waals surface area contributed by atoms with Gasteiger partial charge in [0.15, 0.2) is 5.16 Å². The van der Waals surface area contributed by atoms with Gasteiger partial charge in [0.05, 0.1) is 23.4 Å². The second kappa shape index (κ2) is 9.59. The molecule has 30 heavy (non-hydrogen) atoms. The maximum absolute atomic E-state index is 12.3. The van der Waals surface area contributed by atoms with Crippen LogP contribution >= 0.6 is 23.4 Å². The molecule has 0 aliphatic heterocycles. The number of fused-ring (bicyclic) bond motifs is 1. The fourth-order valence-corrected chi connectivity index (χ4v) is 3.66. The Labute approximate surface area is 179 Å². The van der Waals surface area contributed by atoms with Crippen molar-refractivity contribution in [3.05, 3.63) is 47.5 Å². The van der Waals surface area contributed by atoms with E-state index in [0.29, 0.717) is 34.5 Å². The first-order chi connectivity index (χ1) is 14.2. The summed E-state index contributed by atoms with van der Waals surface area (Å²) in [6.07, 6.45) is -4.76. The Morgan fingerprint density at radius 3 is 2.63 bits per heavy atom. The van der Waals surface area contributed by atoms with Crippen LogP contribution in [0.1, 0.15) is 0 Å². The highest BCUT2D eigenvalue weighted by Gasteiger charge is 2.31. The maximum atomic E-state index is 12.3. The fraction of sp³-hybridized carbons (Fsp3) is 0.263. The van der Waals surface area contributed by atoms with Crippen molar-refractivity contribution < 1.29 is 27.4 Å². The van der Waals surface area contributed by atoms with Crippen molar-refractivity contribution in [1.82, 2.24) is 9.55 Å². The molecule has 160 valence electrons. The third-order valence-electron chi connectivity index (χ3n) is 3.90. The second-order valence-electron chi connectivity index (χ2n) is 6.08. The van der Waals surface area contributed by atoms with Crippen molar-refractivity contribution in [2.45, 2.75) is 18.1 Å². The summed E-state index contributed by atoms with van der Waals surface area (Å²) in [4.78, 5) is 16.8. The molecule has 0 saturated carbocycles. The molecule has 0 aliphatic carbocycles. The van der Waals surface area contributed by atoms with Crippen LogP contribution in [0.2, 0.25) is 5.02 Å². The summed E-state index contributed by atoms with van der Waals surface area (Å²) in [7, 11) is 1.60. The lowest BCUT2D eigenvalue weighted by Crippen LogP contribution is -2.17. The van der Waals surface area contributed by atoms with Crippen LogP contribution in [0.5, 0.6) is 5.75 Å². The Hall–Kier alpha value is -2.43. The molecule has 0 unspecified atom stereocenters. The number of rotatable bonds is 8. The largest absolute Gasteiger partial charge is 0.573 e. The lowest BCUT2D eigenvalue weighted by atomic mass is 10.3. The first-order valence-electron chi connectivity index (χ1n) is 8.68. The molecule has 0 atom stereocenters. The summed E-state index contributed by atoms with van der Waals surface area (Å²) in [5.74, 6) is -0.626. The first-order valence-corrected chi connectivity index (χ1v) is 10.0. The zero-order valence-electron chi connectivity index (χ0n) is 15.7. The topological polar surface area (TPSA) is 65.4 Å². The van der Waals surface area contributed by atoms with E-state index in [2.05, 4.69) is 15.0 Å². The van der Waals surface area contributed by atoms with Crippen molar-refractivity contribution in [3.8, 4) is 5.75 Å². The number of carbonyl (C=O) groups excluding carboxylic acids is 1. The Bertz CT molecular complexity index is 1030. The molecule has 1 amide bonds. The van der Waals surface area contributed by atoms with E-state index in [-0.39, 0.29) is 17.4 Å². The van der Waals surface area contributed by atoms with Crippen LogP contribution in [-0.4, -0.2) is 41.3 Å². The predicted octanol–water partition coefficient (Wildman–Crippen LogP) is 4.97. The minimum Gasteiger partial charge on any atom is -0.406 e. The third-order valence-corrected chi connectivity index (χ3v) is 5.11. The van der Waals surface area contributed by atoms with Crippen LogP contribution in [0.15, 0.2) is 47.6 Å². The minimum atomic E-state index is -4.76. The van der Waals surface area contributed by atoms with Gasteiger partial charge in [-0.2, -0.15) is 0 Å². The number of halogens is 4. The van der Waals surface area contributed by atoms with Crippen molar-refractivity contribution in [2.24, 2.45) is 0 Å². The Balaban J connectivity index is 1.64. The maximum Gasteiger partial charge on any atom is 0.573 e. The summed E-state index contributed by atoms with van der Waals surface area (Å²) in [6.45, 7) is 1.03. The van der Waals surface area contributed by atoms with E-state index in [1.54, 1.807) is 19.2 Å². The van der Waals surface area contributed by atoms with Crippen LogP contribution in [-0.2, 0) is 16.1 Å². The molecule has 1 N–H and O–H groups in total. The van der Waals surface area contributed by atoms with Gasteiger partial charge in [-0.1, -0.05) is 23.4 Å². The quantitative estimate of drug-likeness (QED) is 0.482. The number of nitrogens with one attached hydrogen (secondary N) is 1. The molecule has 0 spiro atoms. The zero-order chi connectivity index (χ0) is 21.7. The highest BCUT2D eigenvalue weighted by atomic mass is 35.5. The van der Waals surface area contributed by atoms with Gasteiger partial charge in [0.25, 0.3) is 0 Å². The number of anilines is 1. The molecular weight excluding hydrogens is 443 g/mol. The van der Waals surface area contributed by atoms with Gasteiger partial charge in [-0.15, -0.1) is 13.2 Å². The molecule has 0 aliphatic rings. The molecule has 1 heterocycles. The Morgan fingerprint density at radius 1 is 1.23 bits per heavy atom. The van der Waals surface area contributed by atoms with Gasteiger partial charge in [-0.3, -0.25) is 4.79 Å². The van der Waals surface area contributed by atoms with E-state index < -0.39 is 6.36 Å². The number of benzene rings is 2. The molecule has 2 aromatic carbocycles. The number of nitrogens with zero attached hydrogens (tertiary/aromatic N) is 2. The lowest BCUT2D eigenvalue weighted by Gasteiger charge is -2.10. The van der Waals surface area contributed by atoms with E-state index in [0.717, 1.165) is 17.6 Å². The van der Waals surface area contributed by atoms with E-state index in [1.165, 1.54) is 23.9 Å². The number of hydrogen-bond donors (Lipinski definition) is 1. The van der Waals surface area contributed by atoms with Gasteiger partial charge >= 0.3 is 6.36 Å². The van der Waals surface area contributed by atoms with Crippen molar-refractivity contribution in [3.63, 3.8) is 0 Å². The molecule has 0 radical (unpaired) electrons. The summed E-state index contributed by atoms with van der Waals surface area (Å²) in [5, 5.41) is 3.82. The van der Waals surface area contributed by atoms with Crippen LogP contribution in [0, 0.1) is 0 Å². The highest BCUT2D eigenvalue weighted by molar-refractivity contribution is 7.99. The molecule has 1 aromatic heterocycles. The number of alkyl halides is 3. The van der Waals surface area contributed by atoms with E-state index >= 15 is 0 Å². The van der Waals surface area contributed by atoms with Crippen LogP contribution in [0.4, 0.5) is 18.9 Å². The zero-order valence-corrected chi connectivity index (χ0v) is 17.3. The van der Waals surface area contributed by atoms with E-state index in [1.807, 2.05) is 10.6 Å². The average Bonchev–Trinajstić information content (AvgIpc) is 3.01. The van der Waals surface area contributed by atoms with Crippen molar-refractivity contribution in [1.29, 1.82) is 0 Å². The van der Waals surface area contributed by atoms with E-state index in [4.69, 9.17) is 16.3 Å². The second-order valence-corrected chi connectivity index (χ2v) is 7.46. The van der Waals surface area contributed by atoms with Gasteiger partial charge in [-0.25, -0.2) is 4.98 Å². The van der Waals surface area contributed by atoms with Crippen molar-refractivity contribution >= 4 is 46.0 Å². The fourth-order valence-electron chi connectivity index (χ4n) is 2.66. The van der Waals surface area contributed by atoms with Crippen molar-refractivity contribution in [2.75, 3.05) is 24.8 Å². The van der Waals surface area contributed by atoms with E-state index in [9.17, 15) is 18.0 Å². The molecule has 3 aromatic rings. The van der Waals surface area contributed by atoms with Gasteiger partial charge in [0.1, 0.15) is 5.75 Å². The molecule has 0 saturated heterocycles. The number of methoxy groups -OCH3 is 1. The van der Waals surface area contributed by atoms with Crippen LogP contribution in [0.25, 0.3) is 11.0 Å². The molecule has 6 nitrogen and oxygen atoms in total. The number of carbonyl (C=O) groups is 1. The van der Waals surface area contributed by atoms with Gasteiger partial charge in [-0.05, 0) is 42.5 Å². The Morgan fingerprint density at radius 2 is 1.97 bits per heavy atom. The minimum absolute atomic E-state index is 0.0604. The summed E-state index contributed by atoms with van der Waals surface area (Å²) in [5.41, 5.74) is 1.94. The summed E-state index contributed by atoms with van der Waals surface area (Å²) < 4.78 is 47.5. The monoisotopic (exact) mass is 459 g/mol. The average molecular weight is 460 g/mol. The summed E-state index contributed by atoms with van der Waals surface area (Å²) in [6, 6.07) is 10.3. The standard InChI is InChI=1S/C19H17ClF3N3O3S/c1-28-9-8-26-16-7-2-12(20)10-15(16)25-18(26)30-11-17(27)24-13-3-5-14(6-4-13)29-19(21,22)23/h2-7,10H,8-9,11H2,1H3,(H,24,27). The molecule has 3 rings (SSSR count). The van der Waals surface area contributed by atoms with Gasteiger partial charge in [0, 0.05) is 24.4 Å². The highest BCUT2D eigenvalue weighted by Crippen LogP contribution is 2.27. The lowest BCUT2D eigenvalue weighted by molar-refractivity contribution is -0.274. The number of ether oxygens (including phenoxy) is 2. The smallest absolute Gasteiger partial charge is 0.406 e. The molecule has 0 bridgehead atoms. The molecular formula is C19H17ClF3N3O3S. The number of amides is 1. The predicted molar refractivity (Wildman–Crippen MR) is 109 cm³/mol. The SMILES string of the molecule is COCCn1c(SCC(=O)Nc2ccc(OC(F)(F)F)cc2)nc2cc(Cl)ccc21. The number of thioether (sulfide) groups is 1. The number of imidazole rings is 1. The third kappa shape index (κ3) is 6.04. The van der Waals surface area contributed by atoms with Crippen LogP contribution in [0.3, 0.4) is 0 Å². The number of hydrogen-bond acceptors (Lipinski definition) is 5. The van der Waals surface area contributed by atoms with Crippen LogP contribution < -0.4 is 10.1 Å². The molecule has 0 fully saturated rings.